The first-order valence-electron chi connectivity index (χ1n) is 15.1. The molecule has 0 radical (unpaired) electrons. The van der Waals surface area contributed by atoms with E-state index in [0.717, 1.165) is 37.7 Å². The molecule has 4 unspecified atom stereocenters. The highest BCUT2D eigenvalue weighted by atomic mass is 35.5. The van der Waals surface area contributed by atoms with Crippen molar-refractivity contribution in [2.75, 3.05) is 6.54 Å². The fourth-order valence-electron chi connectivity index (χ4n) is 6.19. The molecular formula is C33H41ClFN3O5. The van der Waals surface area contributed by atoms with Crippen molar-refractivity contribution >= 4 is 35.8 Å². The molecule has 3 N–H and O–H groups in total. The SMILES string of the molecule is CC(C)(c1cccc(Cl)c1)C(OC(=O)NC(CC1CCCCC1)C(=O)NC(C=O)CC1CCNC1=O)c1ccc(F)cc1. The number of ether oxygens (including phenoxy) is 1. The molecule has 1 aliphatic heterocycles. The molecule has 0 spiro atoms. The Morgan fingerprint density at radius 3 is 2.42 bits per heavy atom. The Hall–Kier alpha value is -3.46. The van der Waals surface area contributed by atoms with Crippen LogP contribution in [0.5, 0.6) is 0 Å². The predicted octanol–water partition coefficient (Wildman–Crippen LogP) is 5.77. The minimum atomic E-state index is -0.946. The maximum atomic E-state index is 13.8. The van der Waals surface area contributed by atoms with Crippen molar-refractivity contribution in [3.63, 3.8) is 0 Å². The van der Waals surface area contributed by atoms with E-state index < -0.39 is 41.4 Å². The maximum Gasteiger partial charge on any atom is 0.408 e. The second-order valence-electron chi connectivity index (χ2n) is 12.3. The van der Waals surface area contributed by atoms with Gasteiger partial charge in [0.2, 0.25) is 11.8 Å². The van der Waals surface area contributed by atoms with Gasteiger partial charge >= 0.3 is 6.09 Å². The number of rotatable bonds is 12. The molecular weight excluding hydrogens is 573 g/mol. The molecule has 8 nitrogen and oxygen atoms in total. The van der Waals surface area contributed by atoms with E-state index in [1.807, 2.05) is 26.0 Å². The van der Waals surface area contributed by atoms with Crippen molar-refractivity contribution in [2.45, 2.75) is 88.8 Å². The second kappa shape index (κ2) is 14.8. The van der Waals surface area contributed by atoms with Crippen molar-refractivity contribution in [1.29, 1.82) is 0 Å². The highest BCUT2D eigenvalue weighted by Gasteiger charge is 2.38. The van der Waals surface area contributed by atoms with Crippen LogP contribution in [0.4, 0.5) is 9.18 Å². The van der Waals surface area contributed by atoms with Crippen LogP contribution >= 0.6 is 11.6 Å². The van der Waals surface area contributed by atoms with E-state index in [9.17, 15) is 23.6 Å². The van der Waals surface area contributed by atoms with E-state index >= 15 is 0 Å². The summed E-state index contributed by atoms with van der Waals surface area (Å²) in [6.07, 6.45) is 5.30. The van der Waals surface area contributed by atoms with Gasteiger partial charge in [0.1, 0.15) is 24.2 Å². The van der Waals surface area contributed by atoms with Crippen LogP contribution in [0.3, 0.4) is 0 Å². The molecule has 1 saturated heterocycles. The monoisotopic (exact) mass is 613 g/mol. The van der Waals surface area contributed by atoms with Crippen molar-refractivity contribution in [3.05, 3.63) is 70.5 Å². The van der Waals surface area contributed by atoms with Gasteiger partial charge in [0.05, 0.1) is 6.04 Å². The molecule has 2 aromatic carbocycles. The summed E-state index contributed by atoms with van der Waals surface area (Å²) in [5.74, 6) is -1.16. The number of carbonyl (C=O) groups excluding carboxylic acids is 4. The fraction of sp³-hybridized carbons (Fsp3) is 0.515. The zero-order chi connectivity index (χ0) is 31.0. The number of carbonyl (C=O) groups is 4. The summed E-state index contributed by atoms with van der Waals surface area (Å²) in [5, 5.41) is 8.80. The molecule has 2 aliphatic rings. The van der Waals surface area contributed by atoms with Gasteiger partial charge < -0.3 is 25.5 Å². The molecule has 232 valence electrons. The highest BCUT2D eigenvalue weighted by Crippen LogP contribution is 2.40. The Kier molecular flexibility index (Phi) is 11.2. The maximum absolute atomic E-state index is 13.8. The Bertz CT molecular complexity index is 1280. The van der Waals surface area contributed by atoms with Crippen LogP contribution in [0, 0.1) is 17.7 Å². The minimum absolute atomic E-state index is 0.129. The van der Waals surface area contributed by atoms with E-state index in [2.05, 4.69) is 16.0 Å². The predicted molar refractivity (Wildman–Crippen MR) is 162 cm³/mol. The van der Waals surface area contributed by atoms with Crippen molar-refractivity contribution < 1.29 is 28.3 Å². The first kappa shape index (κ1) is 32.5. The molecule has 4 atom stereocenters. The molecule has 2 fully saturated rings. The van der Waals surface area contributed by atoms with Crippen LogP contribution in [0.1, 0.15) is 82.4 Å². The summed E-state index contributed by atoms with van der Waals surface area (Å²) >= 11 is 6.28. The average molecular weight is 614 g/mol. The van der Waals surface area contributed by atoms with Gasteiger partial charge in [-0.05, 0) is 60.6 Å². The fourth-order valence-corrected chi connectivity index (χ4v) is 6.38. The van der Waals surface area contributed by atoms with Crippen LogP contribution < -0.4 is 16.0 Å². The number of nitrogens with one attached hydrogen (secondary N) is 3. The van der Waals surface area contributed by atoms with Gasteiger partial charge in [-0.1, -0.05) is 81.8 Å². The standard InChI is InChI=1S/C33H41ClFN3O5/c1-33(2,24-9-6-10-25(34)19-24)29(22-11-13-26(35)14-12-22)43-32(42)38-28(17-21-7-4-3-5-8-21)31(41)37-27(20-39)18-23-15-16-36-30(23)40/h6,9-14,19-21,23,27-29H,3-5,7-8,15-18H2,1-2H3,(H,36,40)(H,37,41)(H,38,42). The topological polar surface area (TPSA) is 114 Å². The quantitative estimate of drug-likeness (QED) is 0.263. The smallest absolute Gasteiger partial charge is 0.408 e. The molecule has 4 rings (SSSR count). The van der Waals surface area contributed by atoms with Gasteiger partial charge in [0.25, 0.3) is 0 Å². The number of halogens is 2. The van der Waals surface area contributed by atoms with Crippen LogP contribution in [-0.4, -0.2) is 42.8 Å². The van der Waals surface area contributed by atoms with E-state index in [0.29, 0.717) is 36.3 Å². The van der Waals surface area contributed by atoms with E-state index in [4.69, 9.17) is 16.3 Å². The van der Waals surface area contributed by atoms with E-state index in [1.165, 1.54) is 12.1 Å². The number of hydrogen-bond acceptors (Lipinski definition) is 5. The zero-order valence-corrected chi connectivity index (χ0v) is 25.5. The molecule has 1 heterocycles. The molecule has 2 aromatic rings. The highest BCUT2D eigenvalue weighted by molar-refractivity contribution is 6.30. The largest absolute Gasteiger partial charge is 0.440 e. The summed E-state index contributed by atoms with van der Waals surface area (Å²) in [4.78, 5) is 51.0. The summed E-state index contributed by atoms with van der Waals surface area (Å²) in [6.45, 7) is 4.35. The molecule has 0 aromatic heterocycles. The van der Waals surface area contributed by atoms with Crippen LogP contribution in [0.2, 0.25) is 5.02 Å². The number of hydrogen-bond donors (Lipinski definition) is 3. The molecule has 10 heteroatoms. The van der Waals surface area contributed by atoms with Gasteiger partial charge in [-0.2, -0.15) is 0 Å². The molecule has 1 aliphatic carbocycles. The summed E-state index contributed by atoms with van der Waals surface area (Å²) in [6, 6.07) is 11.2. The van der Waals surface area contributed by atoms with Gasteiger partial charge in [0, 0.05) is 22.9 Å². The normalized spacial score (nSPS) is 19.5. The summed E-state index contributed by atoms with van der Waals surface area (Å²) in [5.41, 5.74) is 0.597. The number of benzene rings is 2. The van der Waals surface area contributed by atoms with Gasteiger partial charge in [0.15, 0.2) is 0 Å². The van der Waals surface area contributed by atoms with Gasteiger partial charge in [-0.3, -0.25) is 9.59 Å². The average Bonchev–Trinajstić information content (AvgIpc) is 3.40. The Balaban J connectivity index is 1.54. The molecule has 1 saturated carbocycles. The lowest BCUT2D eigenvalue weighted by Gasteiger charge is -2.35. The Morgan fingerprint density at radius 1 is 1.07 bits per heavy atom. The summed E-state index contributed by atoms with van der Waals surface area (Å²) < 4.78 is 19.9. The third-order valence-electron chi connectivity index (χ3n) is 8.72. The van der Waals surface area contributed by atoms with Crippen LogP contribution in [-0.2, 0) is 24.5 Å². The third kappa shape index (κ3) is 8.78. The zero-order valence-electron chi connectivity index (χ0n) is 24.7. The first-order valence-corrected chi connectivity index (χ1v) is 15.5. The van der Waals surface area contributed by atoms with Gasteiger partial charge in [-0.15, -0.1) is 0 Å². The van der Waals surface area contributed by atoms with Crippen molar-refractivity contribution in [1.82, 2.24) is 16.0 Å². The number of amides is 3. The van der Waals surface area contributed by atoms with E-state index in [1.54, 1.807) is 24.3 Å². The first-order chi connectivity index (χ1) is 20.6. The number of aldehydes is 1. The third-order valence-corrected chi connectivity index (χ3v) is 8.95. The molecule has 3 amide bonds. The molecule has 0 bridgehead atoms. The lowest BCUT2D eigenvalue weighted by atomic mass is 9.76. The second-order valence-corrected chi connectivity index (χ2v) is 12.7. The van der Waals surface area contributed by atoms with E-state index in [-0.39, 0.29) is 24.2 Å². The molecule has 43 heavy (non-hydrogen) atoms. The minimum Gasteiger partial charge on any atom is -0.440 e. The lowest BCUT2D eigenvalue weighted by molar-refractivity contribution is -0.127. The van der Waals surface area contributed by atoms with Crippen LogP contribution in [0.25, 0.3) is 0 Å². The number of alkyl carbamates (subject to hydrolysis) is 1. The van der Waals surface area contributed by atoms with Crippen LogP contribution in [0.15, 0.2) is 48.5 Å². The van der Waals surface area contributed by atoms with Crippen molar-refractivity contribution in [3.8, 4) is 0 Å². The van der Waals surface area contributed by atoms with Gasteiger partial charge in [-0.25, -0.2) is 9.18 Å². The lowest BCUT2D eigenvalue weighted by Crippen LogP contribution is -2.52. The Morgan fingerprint density at radius 2 is 1.79 bits per heavy atom. The summed E-state index contributed by atoms with van der Waals surface area (Å²) in [7, 11) is 0. The Labute approximate surface area is 257 Å². The van der Waals surface area contributed by atoms with Crippen molar-refractivity contribution in [2.24, 2.45) is 11.8 Å².